The van der Waals surface area contributed by atoms with E-state index >= 15 is 0 Å². The highest BCUT2D eigenvalue weighted by molar-refractivity contribution is 6.13. The number of carbonyl (C=O) groups excluding carboxylic acids is 1. The minimum atomic E-state index is -1.77. The van der Waals surface area contributed by atoms with Crippen molar-refractivity contribution in [2.75, 3.05) is 13.7 Å². The van der Waals surface area contributed by atoms with Gasteiger partial charge in [-0.3, -0.25) is 4.79 Å². The molecule has 6 nitrogen and oxygen atoms in total. The third-order valence-electron chi connectivity index (χ3n) is 5.81. The third-order valence-corrected chi connectivity index (χ3v) is 5.81. The van der Waals surface area contributed by atoms with E-state index in [-0.39, 0.29) is 17.9 Å². The van der Waals surface area contributed by atoms with E-state index in [1.165, 1.54) is 6.20 Å². The van der Waals surface area contributed by atoms with Gasteiger partial charge in [0.05, 0.1) is 37.4 Å². The van der Waals surface area contributed by atoms with Crippen LogP contribution < -0.4 is 9.47 Å². The van der Waals surface area contributed by atoms with E-state index in [9.17, 15) is 22.4 Å². The number of benzene rings is 2. The highest BCUT2D eigenvalue weighted by Crippen LogP contribution is 2.33. The van der Waals surface area contributed by atoms with E-state index in [1.54, 1.807) is 23.9 Å². The molecule has 0 unspecified atom stereocenters. The quantitative estimate of drug-likeness (QED) is 0.126. The maximum atomic E-state index is 14.6. The number of pyridine rings is 1. The number of halogens is 4. The van der Waals surface area contributed by atoms with Crippen LogP contribution in [0.4, 0.5) is 17.6 Å². The Hall–Kier alpha value is -3.95. The van der Waals surface area contributed by atoms with Crippen molar-refractivity contribution in [3.63, 3.8) is 0 Å². The molecule has 188 valence electrons. The minimum Gasteiger partial charge on any atom is -0.497 e. The van der Waals surface area contributed by atoms with Crippen LogP contribution in [-0.2, 0) is 6.54 Å². The number of hydrogen-bond acceptors (Lipinski definition) is 5. The molecule has 0 bridgehead atoms. The molecule has 0 aliphatic rings. The van der Waals surface area contributed by atoms with E-state index in [0.717, 1.165) is 25.1 Å². The molecular weight excluding hydrogens is 478 g/mol. The lowest BCUT2D eigenvalue weighted by molar-refractivity contribution is 0.102. The summed E-state index contributed by atoms with van der Waals surface area (Å²) >= 11 is 0. The zero-order valence-corrected chi connectivity index (χ0v) is 19.9. The normalized spacial score (nSPS) is 11.2. The largest absolute Gasteiger partial charge is 0.497 e. The highest BCUT2D eigenvalue weighted by Gasteiger charge is 2.31. The van der Waals surface area contributed by atoms with Crippen LogP contribution in [0.15, 0.2) is 36.7 Å². The molecule has 2 aromatic heterocycles. The number of hydrogen-bond donors (Lipinski definition) is 0. The van der Waals surface area contributed by atoms with Crippen molar-refractivity contribution in [2.24, 2.45) is 0 Å². The average Bonchev–Trinajstić information content (AvgIpc) is 3.30. The predicted octanol–water partition coefficient (Wildman–Crippen LogP) is 5.76. The first kappa shape index (κ1) is 25.2. The van der Waals surface area contributed by atoms with E-state index in [0.29, 0.717) is 29.7 Å². The predicted molar refractivity (Wildman–Crippen MR) is 124 cm³/mol. The fourth-order valence-corrected chi connectivity index (χ4v) is 3.74. The van der Waals surface area contributed by atoms with Crippen molar-refractivity contribution < 1.29 is 31.8 Å². The van der Waals surface area contributed by atoms with Gasteiger partial charge in [-0.25, -0.2) is 27.2 Å². The van der Waals surface area contributed by atoms with Gasteiger partial charge in [0.2, 0.25) is 5.78 Å². The molecule has 0 atom stereocenters. The number of rotatable bonds is 9. The minimum absolute atomic E-state index is 0.0142. The molecule has 0 saturated heterocycles. The molecule has 0 saturated carbocycles. The highest BCUT2D eigenvalue weighted by atomic mass is 19.2. The van der Waals surface area contributed by atoms with Crippen LogP contribution in [-0.4, -0.2) is 34.3 Å². The number of carbonyl (C=O) groups is 1. The Morgan fingerprint density at radius 3 is 2.28 bits per heavy atom. The Bertz CT molecular complexity index is 1410. The van der Waals surface area contributed by atoms with Crippen LogP contribution in [0.5, 0.6) is 11.5 Å². The summed E-state index contributed by atoms with van der Waals surface area (Å²) in [5.41, 5.74) is -1.28. The van der Waals surface area contributed by atoms with Crippen molar-refractivity contribution in [1.82, 2.24) is 14.8 Å². The number of fused-ring (bicyclic) bond motifs is 1. The zero-order valence-electron chi connectivity index (χ0n) is 19.9. The monoisotopic (exact) mass is 501 g/mol. The molecule has 0 spiro atoms. The van der Waals surface area contributed by atoms with Crippen molar-refractivity contribution in [3.05, 3.63) is 82.2 Å². The van der Waals surface area contributed by atoms with Gasteiger partial charge in [0, 0.05) is 11.8 Å². The average molecular weight is 501 g/mol. The third kappa shape index (κ3) is 4.50. The smallest absolute Gasteiger partial charge is 0.204 e. The Labute approximate surface area is 204 Å². The van der Waals surface area contributed by atoms with Gasteiger partial charge >= 0.3 is 0 Å². The van der Waals surface area contributed by atoms with Crippen molar-refractivity contribution in [1.29, 1.82) is 0 Å². The Balaban J connectivity index is 1.81. The molecule has 0 aliphatic heterocycles. The van der Waals surface area contributed by atoms with Crippen LogP contribution in [0, 0.1) is 30.2 Å². The van der Waals surface area contributed by atoms with Gasteiger partial charge in [-0.15, -0.1) is 0 Å². The fourth-order valence-electron chi connectivity index (χ4n) is 3.74. The lowest BCUT2D eigenvalue weighted by Crippen LogP contribution is -2.15. The van der Waals surface area contributed by atoms with Crippen molar-refractivity contribution in [2.45, 2.75) is 33.2 Å². The molecule has 0 N–H and O–H groups in total. The first-order chi connectivity index (χ1) is 17.3. The maximum absolute atomic E-state index is 14.6. The van der Waals surface area contributed by atoms with Gasteiger partial charge in [-0.1, -0.05) is 25.5 Å². The van der Waals surface area contributed by atoms with E-state index in [2.05, 4.69) is 10.1 Å². The summed E-state index contributed by atoms with van der Waals surface area (Å²) in [5.74, 6) is -7.41. The lowest BCUT2D eigenvalue weighted by atomic mass is 9.99. The number of aromatic nitrogens is 3. The molecular formula is C26H23F4N3O3. The summed E-state index contributed by atoms with van der Waals surface area (Å²) in [5, 5.41) is 4.65. The van der Waals surface area contributed by atoms with Gasteiger partial charge in [0.15, 0.2) is 28.9 Å². The number of unbranched alkanes of at least 4 members (excludes halogenated alkanes) is 1. The Morgan fingerprint density at radius 2 is 1.67 bits per heavy atom. The molecule has 10 heteroatoms. The first-order valence-electron chi connectivity index (χ1n) is 11.3. The molecule has 2 heterocycles. The molecule has 0 radical (unpaired) electrons. The summed E-state index contributed by atoms with van der Waals surface area (Å²) in [6.07, 6.45) is 3.92. The molecule has 36 heavy (non-hydrogen) atoms. The molecule has 0 amide bonds. The van der Waals surface area contributed by atoms with Gasteiger partial charge in [0.25, 0.3) is 0 Å². The summed E-state index contributed by atoms with van der Waals surface area (Å²) in [6, 6.07) is 7.31. The fraction of sp³-hybridized carbons (Fsp3) is 0.269. The lowest BCUT2D eigenvalue weighted by Gasteiger charge is -2.14. The van der Waals surface area contributed by atoms with Crippen LogP contribution in [0.3, 0.4) is 0 Å². The van der Waals surface area contributed by atoms with E-state index < -0.39 is 40.2 Å². The van der Waals surface area contributed by atoms with Crippen LogP contribution in [0.25, 0.3) is 11.0 Å². The summed E-state index contributed by atoms with van der Waals surface area (Å²) in [4.78, 5) is 17.5. The zero-order chi connectivity index (χ0) is 26.0. The maximum Gasteiger partial charge on any atom is 0.204 e. The first-order valence-corrected chi connectivity index (χ1v) is 11.3. The van der Waals surface area contributed by atoms with E-state index in [4.69, 9.17) is 9.47 Å². The number of methoxy groups -OCH3 is 1. The number of ketones is 1. The standard InChI is InChI=1S/C26H23F4N3O3/c1-4-5-10-36-25-17(24(34)19-22(29)20(27)14(2)21(28)23(19)30)11-31-26-18(25)12-32-33(26)13-15-6-8-16(35-3)9-7-15/h6-9,11-12H,4-5,10,13H2,1-3H3. The second kappa shape index (κ2) is 10.3. The van der Waals surface area contributed by atoms with Gasteiger partial charge in [-0.2, -0.15) is 5.10 Å². The molecule has 2 aromatic carbocycles. The molecule has 0 aliphatic carbocycles. The van der Waals surface area contributed by atoms with Gasteiger partial charge < -0.3 is 9.47 Å². The SMILES string of the molecule is CCCCOc1c(C(=O)c2c(F)c(F)c(C)c(F)c2F)cnc2c1cnn2Cc1ccc(OC)cc1. The second-order valence-electron chi connectivity index (χ2n) is 8.18. The van der Waals surface area contributed by atoms with Crippen LogP contribution >= 0.6 is 0 Å². The van der Waals surface area contributed by atoms with Crippen molar-refractivity contribution >= 4 is 16.8 Å². The summed E-state index contributed by atoms with van der Waals surface area (Å²) in [7, 11) is 1.57. The Morgan fingerprint density at radius 1 is 1.00 bits per heavy atom. The topological polar surface area (TPSA) is 66.2 Å². The molecule has 4 rings (SSSR count). The van der Waals surface area contributed by atoms with Crippen LogP contribution in [0.1, 0.15) is 46.8 Å². The van der Waals surface area contributed by atoms with Crippen molar-refractivity contribution in [3.8, 4) is 11.5 Å². The van der Waals surface area contributed by atoms with Gasteiger partial charge in [-0.05, 0) is 31.0 Å². The van der Waals surface area contributed by atoms with E-state index in [1.807, 2.05) is 19.1 Å². The molecule has 4 aromatic rings. The summed E-state index contributed by atoms with van der Waals surface area (Å²) < 4.78 is 70.1. The number of ether oxygens (including phenoxy) is 2. The van der Waals surface area contributed by atoms with Gasteiger partial charge in [0.1, 0.15) is 17.1 Å². The van der Waals surface area contributed by atoms with Crippen LogP contribution in [0.2, 0.25) is 0 Å². The Kier molecular flexibility index (Phi) is 7.23. The molecule has 0 fully saturated rings. The summed E-state index contributed by atoms with van der Waals surface area (Å²) in [6.45, 7) is 3.35. The second-order valence-corrected chi connectivity index (χ2v) is 8.18. The number of nitrogens with zero attached hydrogens (tertiary/aromatic N) is 3.